The summed E-state index contributed by atoms with van der Waals surface area (Å²) in [6.07, 6.45) is 6.39. The van der Waals surface area contributed by atoms with E-state index in [-0.39, 0.29) is 0 Å². The van der Waals surface area contributed by atoms with E-state index in [9.17, 15) is 5.26 Å². The van der Waals surface area contributed by atoms with E-state index in [1.54, 1.807) is 6.20 Å². The fourth-order valence-electron chi connectivity index (χ4n) is 2.46. The molecule has 1 saturated carbocycles. The maximum Gasteiger partial charge on any atom is 0.215 e. The minimum atomic E-state index is 0.378. The molecule has 102 valence electrons. The molecule has 7 heteroatoms. The van der Waals surface area contributed by atoms with Crippen molar-refractivity contribution in [3.8, 4) is 6.07 Å². The molecule has 0 amide bonds. The molecule has 1 aliphatic carbocycles. The van der Waals surface area contributed by atoms with E-state index in [1.807, 2.05) is 17.7 Å². The Morgan fingerprint density at radius 3 is 2.95 bits per heavy atom. The summed E-state index contributed by atoms with van der Waals surface area (Å²) in [7, 11) is 0. The molecule has 2 aromatic heterocycles. The summed E-state index contributed by atoms with van der Waals surface area (Å²) in [6.45, 7) is 1.91. The summed E-state index contributed by atoms with van der Waals surface area (Å²) in [5.74, 6) is 0. The van der Waals surface area contributed by atoms with Gasteiger partial charge in [0.1, 0.15) is 11.1 Å². The van der Waals surface area contributed by atoms with Crippen LogP contribution >= 0.6 is 11.8 Å². The van der Waals surface area contributed by atoms with E-state index in [2.05, 4.69) is 26.6 Å². The second-order valence-electron chi connectivity index (χ2n) is 4.87. The molecule has 2 heterocycles. The Morgan fingerprint density at radius 2 is 2.20 bits per heavy atom. The molecule has 2 aromatic rings. The second-order valence-corrected chi connectivity index (χ2v) is 5.82. The normalized spacial score (nSPS) is 15.4. The molecule has 3 rings (SSSR count). The molecule has 0 bridgehead atoms. The minimum absolute atomic E-state index is 0.378. The lowest BCUT2D eigenvalue weighted by Gasteiger charge is -2.11. The molecular formula is C13H14N6S. The van der Waals surface area contributed by atoms with Gasteiger partial charge in [0.25, 0.3) is 0 Å². The lowest BCUT2D eigenvalue weighted by atomic mass is 10.2. The van der Waals surface area contributed by atoms with Crippen molar-refractivity contribution in [1.82, 2.24) is 25.2 Å². The molecule has 6 nitrogen and oxygen atoms in total. The molecule has 0 atom stereocenters. The summed E-state index contributed by atoms with van der Waals surface area (Å²) in [5.41, 5.74) is 1.52. The number of rotatable bonds is 3. The van der Waals surface area contributed by atoms with Crippen LogP contribution in [0.4, 0.5) is 0 Å². The fraction of sp³-hybridized carbons (Fsp3) is 0.462. The van der Waals surface area contributed by atoms with Gasteiger partial charge in [-0.2, -0.15) is 5.26 Å². The van der Waals surface area contributed by atoms with Gasteiger partial charge in [-0.1, -0.05) is 12.8 Å². The second kappa shape index (κ2) is 5.59. The van der Waals surface area contributed by atoms with Gasteiger partial charge >= 0.3 is 0 Å². The predicted molar refractivity (Wildman–Crippen MR) is 73.1 cm³/mol. The largest absolute Gasteiger partial charge is 0.248 e. The highest BCUT2D eigenvalue weighted by Crippen LogP contribution is 2.34. The predicted octanol–water partition coefficient (Wildman–Crippen LogP) is 2.51. The quantitative estimate of drug-likeness (QED) is 0.862. The summed E-state index contributed by atoms with van der Waals surface area (Å²) in [4.78, 5) is 4.28. The van der Waals surface area contributed by atoms with Crippen LogP contribution in [0.25, 0.3) is 0 Å². The first-order valence-corrected chi connectivity index (χ1v) is 7.42. The fourth-order valence-corrected chi connectivity index (χ4v) is 3.42. The molecule has 0 spiro atoms. The van der Waals surface area contributed by atoms with Crippen molar-refractivity contribution in [1.29, 1.82) is 5.26 Å². The number of aromatic nitrogens is 5. The zero-order valence-corrected chi connectivity index (χ0v) is 12.0. The third-order valence-corrected chi connectivity index (χ3v) is 4.51. The lowest BCUT2D eigenvalue weighted by molar-refractivity contribution is 0.423. The molecule has 1 aliphatic rings. The molecule has 0 radical (unpaired) electrons. The van der Waals surface area contributed by atoms with Crippen molar-refractivity contribution < 1.29 is 0 Å². The monoisotopic (exact) mass is 286 g/mol. The van der Waals surface area contributed by atoms with Gasteiger partial charge in [0.2, 0.25) is 5.16 Å². The standard InChI is InChI=1S/C13H14N6S/c1-9-6-7-15-12(11(9)8-14)20-13-16-17-18-19(13)10-4-2-3-5-10/h6-7,10H,2-5H2,1H3. The van der Waals surface area contributed by atoms with Gasteiger partial charge in [-0.25, -0.2) is 9.67 Å². The van der Waals surface area contributed by atoms with Crippen molar-refractivity contribution >= 4 is 11.8 Å². The van der Waals surface area contributed by atoms with Gasteiger partial charge in [-0.15, -0.1) is 5.10 Å². The van der Waals surface area contributed by atoms with Gasteiger partial charge in [-0.05, 0) is 53.6 Å². The first-order chi connectivity index (χ1) is 9.79. The first kappa shape index (κ1) is 13.1. The van der Waals surface area contributed by atoms with Gasteiger partial charge in [0.05, 0.1) is 11.6 Å². The van der Waals surface area contributed by atoms with E-state index in [0.717, 1.165) is 18.4 Å². The Labute approximate surface area is 121 Å². The zero-order valence-electron chi connectivity index (χ0n) is 11.2. The van der Waals surface area contributed by atoms with E-state index in [4.69, 9.17) is 0 Å². The molecule has 0 N–H and O–H groups in total. The van der Waals surface area contributed by atoms with E-state index < -0.39 is 0 Å². The van der Waals surface area contributed by atoms with Crippen LogP contribution in [0.15, 0.2) is 22.4 Å². The maximum absolute atomic E-state index is 9.25. The van der Waals surface area contributed by atoms with Gasteiger partial charge in [-0.3, -0.25) is 0 Å². The number of nitriles is 1. The van der Waals surface area contributed by atoms with E-state index >= 15 is 0 Å². The molecule has 0 aliphatic heterocycles. The summed E-state index contributed by atoms with van der Waals surface area (Å²) >= 11 is 1.37. The van der Waals surface area contributed by atoms with Crippen molar-refractivity contribution in [2.75, 3.05) is 0 Å². The van der Waals surface area contributed by atoms with E-state index in [0.29, 0.717) is 21.8 Å². The number of aryl methyl sites for hydroxylation is 1. The van der Waals surface area contributed by atoms with Crippen molar-refractivity contribution in [2.24, 2.45) is 0 Å². The van der Waals surface area contributed by atoms with Crippen molar-refractivity contribution in [3.05, 3.63) is 23.4 Å². The van der Waals surface area contributed by atoms with Crippen molar-refractivity contribution in [2.45, 2.75) is 48.8 Å². The summed E-state index contributed by atoms with van der Waals surface area (Å²) in [6, 6.07) is 4.42. The number of hydrogen-bond donors (Lipinski definition) is 0. The highest BCUT2D eigenvalue weighted by Gasteiger charge is 2.23. The maximum atomic E-state index is 9.25. The van der Waals surface area contributed by atoms with Crippen LogP contribution in [0.2, 0.25) is 0 Å². The van der Waals surface area contributed by atoms with Crippen LogP contribution < -0.4 is 0 Å². The lowest BCUT2D eigenvalue weighted by Crippen LogP contribution is -2.08. The van der Waals surface area contributed by atoms with Crippen LogP contribution in [0.3, 0.4) is 0 Å². The Bertz CT molecular complexity index is 653. The molecule has 20 heavy (non-hydrogen) atoms. The van der Waals surface area contributed by atoms with Crippen LogP contribution in [-0.4, -0.2) is 25.2 Å². The van der Waals surface area contributed by atoms with Gasteiger partial charge in [0, 0.05) is 6.20 Å². The highest BCUT2D eigenvalue weighted by atomic mass is 32.2. The number of hydrogen-bond acceptors (Lipinski definition) is 6. The van der Waals surface area contributed by atoms with Crippen LogP contribution in [0.1, 0.15) is 42.9 Å². The number of nitrogens with zero attached hydrogens (tertiary/aromatic N) is 6. The Balaban J connectivity index is 1.91. The molecular weight excluding hydrogens is 272 g/mol. The smallest absolute Gasteiger partial charge is 0.215 e. The highest BCUT2D eigenvalue weighted by molar-refractivity contribution is 7.99. The van der Waals surface area contributed by atoms with E-state index in [1.165, 1.54) is 24.6 Å². The average molecular weight is 286 g/mol. The first-order valence-electron chi connectivity index (χ1n) is 6.61. The average Bonchev–Trinajstić information content (AvgIpc) is 3.09. The minimum Gasteiger partial charge on any atom is -0.248 e. The Morgan fingerprint density at radius 1 is 1.40 bits per heavy atom. The van der Waals surface area contributed by atoms with Crippen molar-refractivity contribution in [3.63, 3.8) is 0 Å². The SMILES string of the molecule is Cc1ccnc(Sc2nnnn2C2CCCC2)c1C#N. The molecule has 1 fully saturated rings. The third-order valence-electron chi connectivity index (χ3n) is 3.56. The van der Waals surface area contributed by atoms with Gasteiger partial charge in [0.15, 0.2) is 0 Å². The molecule has 0 saturated heterocycles. The third kappa shape index (κ3) is 2.39. The van der Waals surface area contributed by atoms with Gasteiger partial charge < -0.3 is 0 Å². The Hall–Kier alpha value is -1.94. The Kier molecular flexibility index (Phi) is 3.65. The van der Waals surface area contributed by atoms with Crippen LogP contribution in [0.5, 0.6) is 0 Å². The topological polar surface area (TPSA) is 80.3 Å². The number of pyridine rings is 1. The summed E-state index contributed by atoms with van der Waals surface area (Å²) < 4.78 is 1.88. The van der Waals surface area contributed by atoms with Crippen LogP contribution in [-0.2, 0) is 0 Å². The summed E-state index contributed by atoms with van der Waals surface area (Å²) in [5, 5.41) is 22.6. The molecule has 0 aromatic carbocycles. The zero-order chi connectivity index (χ0) is 13.9. The number of tetrazole rings is 1. The van der Waals surface area contributed by atoms with Crippen LogP contribution in [0, 0.1) is 18.3 Å². The molecule has 0 unspecified atom stereocenters.